The monoisotopic (exact) mass is 221 g/mol. The van der Waals surface area contributed by atoms with Gasteiger partial charge in [0.25, 0.3) is 0 Å². The van der Waals surface area contributed by atoms with E-state index in [9.17, 15) is 9.18 Å². The van der Waals surface area contributed by atoms with Crippen molar-refractivity contribution in [3.8, 4) is 17.6 Å². The van der Waals surface area contributed by atoms with Crippen LogP contribution in [0.25, 0.3) is 0 Å². The minimum Gasteiger partial charge on any atom is -0.497 e. The zero-order chi connectivity index (χ0) is 12.0. The summed E-state index contributed by atoms with van der Waals surface area (Å²) in [4.78, 5) is 10.6. The van der Waals surface area contributed by atoms with Crippen molar-refractivity contribution in [3.63, 3.8) is 0 Å². The van der Waals surface area contributed by atoms with Gasteiger partial charge in [0.2, 0.25) is 5.91 Å². The van der Waals surface area contributed by atoms with Crippen LogP contribution in [0.2, 0.25) is 0 Å². The van der Waals surface area contributed by atoms with Crippen LogP contribution in [0, 0.1) is 17.7 Å². The normalized spacial score (nSPS) is 8.94. The van der Waals surface area contributed by atoms with Crippen molar-refractivity contribution in [2.24, 2.45) is 0 Å². The molecule has 1 rings (SSSR count). The summed E-state index contributed by atoms with van der Waals surface area (Å²) in [5, 5.41) is 2.52. The third kappa shape index (κ3) is 4.01. The Hall–Kier alpha value is -2.02. The van der Waals surface area contributed by atoms with Gasteiger partial charge in [-0.05, 0) is 12.1 Å². The third-order valence-corrected chi connectivity index (χ3v) is 1.77. The van der Waals surface area contributed by atoms with Crippen molar-refractivity contribution >= 4 is 5.91 Å². The van der Waals surface area contributed by atoms with Crippen LogP contribution in [0.1, 0.15) is 12.5 Å². The van der Waals surface area contributed by atoms with Crippen LogP contribution < -0.4 is 10.1 Å². The Morgan fingerprint density at radius 1 is 1.50 bits per heavy atom. The van der Waals surface area contributed by atoms with E-state index in [0.29, 0.717) is 11.3 Å². The number of carbonyl (C=O) groups excluding carboxylic acids is 1. The number of carbonyl (C=O) groups is 1. The number of benzene rings is 1. The molecule has 0 saturated heterocycles. The first-order valence-corrected chi connectivity index (χ1v) is 4.69. The second-order valence-electron chi connectivity index (χ2n) is 3.09. The topological polar surface area (TPSA) is 38.3 Å². The molecule has 3 nitrogen and oxygen atoms in total. The fraction of sp³-hybridized carbons (Fsp3) is 0.250. The number of ether oxygens (including phenoxy) is 1. The molecule has 0 fully saturated rings. The number of rotatable bonds is 2. The van der Waals surface area contributed by atoms with Gasteiger partial charge in [-0.25, -0.2) is 4.39 Å². The van der Waals surface area contributed by atoms with E-state index in [1.807, 2.05) is 0 Å². The lowest BCUT2D eigenvalue weighted by molar-refractivity contribution is -0.118. The summed E-state index contributed by atoms with van der Waals surface area (Å²) in [6, 6.07) is 4.21. The fourth-order valence-electron chi connectivity index (χ4n) is 1.07. The molecule has 16 heavy (non-hydrogen) atoms. The van der Waals surface area contributed by atoms with Gasteiger partial charge in [0.05, 0.1) is 13.7 Å². The number of hydrogen-bond acceptors (Lipinski definition) is 2. The predicted molar refractivity (Wildman–Crippen MR) is 58.5 cm³/mol. The molecule has 0 aliphatic rings. The SMILES string of the molecule is COc1cc(F)cc(C#CCNC(C)=O)c1. The van der Waals surface area contributed by atoms with Gasteiger partial charge in [-0.15, -0.1) is 0 Å². The Balaban J connectivity index is 2.72. The highest BCUT2D eigenvalue weighted by Crippen LogP contribution is 2.14. The van der Waals surface area contributed by atoms with Gasteiger partial charge in [-0.3, -0.25) is 4.79 Å². The van der Waals surface area contributed by atoms with E-state index >= 15 is 0 Å². The molecule has 0 spiro atoms. The Morgan fingerprint density at radius 3 is 2.88 bits per heavy atom. The highest BCUT2D eigenvalue weighted by atomic mass is 19.1. The molecular weight excluding hydrogens is 209 g/mol. The molecule has 0 unspecified atom stereocenters. The third-order valence-electron chi connectivity index (χ3n) is 1.77. The standard InChI is InChI=1S/C12H12FNO2/c1-9(15)14-5-3-4-10-6-11(13)8-12(7-10)16-2/h6-8H,5H2,1-2H3,(H,14,15). The first-order valence-electron chi connectivity index (χ1n) is 4.69. The van der Waals surface area contributed by atoms with Gasteiger partial charge >= 0.3 is 0 Å². The van der Waals surface area contributed by atoms with Crippen LogP contribution in [-0.2, 0) is 4.79 Å². The second kappa shape index (κ2) is 5.76. The summed E-state index contributed by atoms with van der Waals surface area (Å²) >= 11 is 0. The maximum Gasteiger partial charge on any atom is 0.217 e. The second-order valence-corrected chi connectivity index (χ2v) is 3.09. The van der Waals surface area contributed by atoms with Gasteiger partial charge in [0, 0.05) is 18.6 Å². The van der Waals surface area contributed by atoms with E-state index in [4.69, 9.17) is 4.74 Å². The van der Waals surface area contributed by atoms with Crippen LogP contribution in [0.5, 0.6) is 5.75 Å². The highest BCUT2D eigenvalue weighted by Gasteiger charge is 1.98. The Bertz CT molecular complexity index is 446. The lowest BCUT2D eigenvalue weighted by atomic mass is 10.2. The molecule has 0 saturated carbocycles. The zero-order valence-corrected chi connectivity index (χ0v) is 9.13. The lowest BCUT2D eigenvalue weighted by Gasteiger charge is -2.00. The lowest BCUT2D eigenvalue weighted by Crippen LogP contribution is -2.19. The molecule has 1 aromatic carbocycles. The molecule has 4 heteroatoms. The Morgan fingerprint density at radius 2 is 2.25 bits per heavy atom. The minimum atomic E-state index is -0.400. The van der Waals surface area contributed by atoms with E-state index in [1.54, 1.807) is 6.07 Å². The summed E-state index contributed by atoms with van der Waals surface area (Å²) in [5.74, 6) is 5.31. The van der Waals surface area contributed by atoms with Crippen LogP contribution >= 0.6 is 0 Å². The summed E-state index contributed by atoms with van der Waals surface area (Å²) in [5.41, 5.74) is 0.516. The molecular formula is C12H12FNO2. The first-order chi connectivity index (χ1) is 7.61. The largest absolute Gasteiger partial charge is 0.497 e. The molecule has 1 N–H and O–H groups in total. The van der Waals surface area contributed by atoms with Crippen LogP contribution in [0.3, 0.4) is 0 Å². The van der Waals surface area contributed by atoms with Gasteiger partial charge in [-0.2, -0.15) is 0 Å². The molecule has 0 heterocycles. The van der Waals surface area contributed by atoms with E-state index in [2.05, 4.69) is 17.2 Å². The number of amides is 1. The molecule has 1 aromatic rings. The van der Waals surface area contributed by atoms with Gasteiger partial charge in [0.15, 0.2) is 0 Å². The highest BCUT2D eigenvalue weighted by molar-refractivity contribution is 5.73. The summed E-state index contributed by atoms with van der Waals surface area (Å²) in [7, 11) is 1.46. The van der Waals surface area contributed by atoms with Crippen LogP contribution in [-0.4, -0.2) is 19.6 Å². The molecule has 1 amide bonds. The van der Waals surface area contributed by atoms with Gasteiger partial charge in [0.1, 0.15) is 11.6 Å². The van der Waals surface area contributed by atoms with Crippen molar-refractivity contribution in [2.75, 3.05) is 13.7 Å². The van der Waals surface area contributed by atoms with E-state index in [0.717, 1.165) is 0 Å². The van der Waals surface area contributed by atoms with Crippen molar-refractivity contribution in [1.29, 1.82) is 0 Å². The Labute approximate surface area is 93.6 Å². The average molecular weight is 221 g/mol. The van der Waals surface area contributed by atoms with Crippen molar-refractivity contribution < 1.29 is 13.9 Å². The summed E-state index contributed by atoms with van der Waals surface area (Å²) in [6.07, 6.45) is 0. The van der Waals surface area contributed by atoms with Crippen molar-refractivity contribution in [1.82, 2.24) is 5.32 Å². The zero-order valence-electron chi connectivity index (χ0n) is 9.13. The van der Waals surface area contributed by atoms with E-state index < -0.39 is 5.82 Å². The maximum atomic E-state index is 13.0. The molecule has 0 aliphatic carbocycles. The predicted octanol–water partition coefficient (Wildman–Crippen LogP) is 1.32. The summed E-state index contributed by atoms with van der Waals surface area (Å²) in [6.45, 7) is 1.65. The molecule has 0 atom stereocenters. The maximum absolute atomic E-state index is 13.0. The van der Waals surface area contributed by atoms with Crippen molar-refractivity contribution in [3.05, 3.63) is 29.6 Å². The number of hydrogen-bond donors (Lipinski definition) is 1. The van der Waals surface area contributed by atoms with Gasteiger partial charge < -0.3 is 10.1 Å². The average Bonchev–Trinajstić information content (AvgIpc) is 2.23. The Kier molecular flexibility index (Phi) is 4.34. The molecule has 0 aliphatic heterocycles. The van der Waals surface area contributed by atoms with Crippen LogP contribution in [0.4, 0.5) is 4.39 Å². The fourth-order valence-corrected chi connectivity index (χ4v) is 1.07. The molecule has 0 radical (unpaired) electrons. The number of nitrogens with one attached hydrogen (secondary N) is 1. The quantitative estimate of drug-likeness (QED) is 0.765. The molecule has 84 valence electrons. The van der Waals surface area contributed by atoms with Crippen molar-refractivity contribution in [2.45, 2.75) is 6.92 Å². The van der Waals surface area contributed by atoms with E-state index in [-0.39, 0.29) is 12.5 Å². The summed E-state index contributed by atoms with van der Waals surface area (Å²) < 4.78 is 17.9. The number of halogens is 1. The molecule has 0 bridgehead atoms. The smallest absolute Gasteiger partial charge is 0.217 e. The van der Waals surface area contributed by atoms with Gasteiger partial charge in [-0.1, -0.05) is 11.8 Å². The van der Waals surface area contributed by atoms with E-state index in [1.165, 1.54) is 26.2 Å². The van der Waals surface area contributed by atoms with Crippen LogP contribution in [0.15, 0.2) is 18.2 Å². The minimum absolute atomic E-state index is 0.147. The first kappa shape index (κ1) is 12.1. The number of methoxy groups -OCH3 is 1. The molecule has 0 aromatic heterocycles.